The van der Waals surface area contributed by atoms with Crippen LogP contribution in [0.25, 0.3) is 0 Å². The van der Waals surface area contributed by atoms with Crippen molar-refractivity contribution in [3.8, 4) is 5.75 Å². The lowest BCUT2D eigenvalue weighted by Crippen LogP contribution is -2.47. The van der Waals surface area contributed by atoms with E-state index in [9.17, 15) is 9.59 Å². The largest absolute Gasteiger partial charge is 0.497 e. The number of hydrogen-bond acceptors (Lipinski definition) is 3. The fraction of sp³-hybridized carbons (Fsp3) is 0.300. The third-order valence-electron chi connectivity index (χ3n) is 4.25. The van der Waals surface area contributed by atoms with Gasteiger partial charge in [0.15, 0.2) is 0 Å². The molecule has 0 saturated carbocycles. The molecule has 0 radical (unpaired) electrons. The van der Waals surface area contributed by atoms with Gasteiger partial charge < -0.3 is 15.4 Å². The van der Waals surface area contributed by atoms with Crippen molar-refractivity contribution in [1.82, 2.24) is 5.32 Å². The van der Waals surface area contributed by atoms with Crippen molar-refractivity contribution in [3.63, 3.8) is 0 Å². The summed E-state index contributed by atoms with van der Waals surface area (Å²) >= 11 is 5.85. The number of nitrogens with one attached hydrogen (secondary N) is 2. The standard InChI is InChI=1S/C20H23ClN2O3/c1-4-13(2)18(23-19(24)14-5-7-15(21)8-6-14)20(25)22-16-9-11-17(26-3)12-10-16/h5-13,18H,4H2,1-3H3,(H,22,25)(H,23,24). The minimum atomic E-state index is -0.648. The van der Waals surface area contributed by atoms with Crippen molar-refractivity contribution in [1.29, 1.82) is 0 Å². The maximum absolute atomic E-state index is 12.7. The second kappa shape index (κ2) is 9.25. The first-order valence-corrected chi connectivity index (χ1v) is 8.83. The Bertz CT molecular complexity index is 745. The van der Waals surface area contributed by atoms with Crippen LogP contribution in [0.15, 0.2) is 48.5 Å². The minimum Gasteiger partial charge on any atom is -0.497 e. The molecular formula is C20H23ClN2O3. The molecule has 0 aromatic heterocycles. The average Bonchev–Trinajstić information content (AvgIpc) is 2.66. The van der Waals surface area contributed by atoms with Crippen LogP contribution in [0, 0.1) is 5.92 Å². The molecule has 2 unspecified atom stereocenters. The zero-order valence-corrected chi connectivity index (χ0v) is 15.8. The van der Waals surface area contributed by atoms with E-state index in [1.165, 1.54) is 0 Å². The van der Waals surface area contributed by atoms with Gasteiger partial charge in [-0.15, -0.1) is 0 Å². The van der Waals surface area contributed by atoms with Gasteiger partial charge >= 0.3 is 0 Å². The highest BCUT2D eigenvalue weighted by Gasteiger charge is 2.26. The predicted octanol–water partition coefficient (Wildman–Crippen LogP) is 4.13. The summed E-state index contributed by atoms with van der Waals surface area (Å²) in [6.07, 6.45) is 0.752. The van der Waals surface area contributed by atoms with Crippen LogP contribution in [-0.2, 0) is 4.79 Å². The van der Waals surface area contributed by atoms with E-state index in [2.05, 4.69) is 10.6 Å². The van der Waals surface area contributed by atoms with Crippen LogP contribution in [-0.4, -0.2) is 25.0 Å². The van der Waals surface area contributed by atoms with Gasteiger partial charge in [-0.1, -0.05) is 31.9 Å². The molecule has 0 aliphatic heterocycles. The molecule has 0 fully saturated rings. The summed E-state index contributed by atoms with van der Waals surface area (Å²) < 4.78 is 5.11. The van der Waals surface area contributed by atoms with E-state index >= 15 is 0 Å². The second-order valence-corrected chi connectivity index (χ2v) is 6.50. The molecule has 2 atom stereocenters. The Kier molecular flexibility index (Phi) is 7.04. The summed E-state index contributed by atoms with van der Waals surface area (Å²) in [6, 6.07) is 12.9. The van der Waals surface area contributed by atoms with Gasteiger partial charge in [-0.3, -0.25) is 9.59 Å². The van der Waals surface area contributed by atoms with E-state index in [-0.39, 0.29) is 17.7 Å². The number of rotatable bonds is 7. The van der Waals surface area contributed by atoms with Crippen LogP contribution >= 0.6 is 11.6 Å². The highest BCUT2D eigenvalue weighted by atomic mass is 35.5. The number of benzene rings is 2. The molecular weight excluding hydrogens is 352 g/mol. The molecule has 2 amide bonds. The van der Waals surface area contributed by atoms with E-state index in [1.807, 2.05) is 13.8 Å². The minimum absolute atomic E-state index is 0.0236. The lowest BCUT2D eigenvalue weighted by atomic mass is 9.97. The number of hydrogen-bond donors (Lipinski definition) is 2. The molecule has 2 rings (SSSR count). The Morgan fingerprint density at radius 2 is 1.69 bits per heavy atom. The Morgan fingerprint density at radius 3 is 2.23 bits per heavy atom. The third-order valence-corrected chi connectivity index (χ3v) is 4.50. The fourth-order valence-electron chi connectivity index (χ4n) is 2.42. The van der Waals surface area contributed by atoms with Crippen LogP contribution in [0.5, 0.6) is 5.75 Å². The van der Waals surface area contributed by atoms with Gasteiger partial charge in [-0.2, -0.15) is 0 Å². The van der Waals surface area contributed by atoms with E-state index in [0.717, 1.165) is 6.42 Å². The zero-order valence-electron chi connectivity index (χ0n) is 15.1. The number of methoxy groups -OCH3 is 1. The average molecular weight is 375 g/mol. The van der Waals surface area contributed by atoms with Gasteiger partial charge in [-0.05, 0) is 54.4 Å². The van der Waals surface area contributed by atoms with Crippen LogP contribution in [0.4, 0.5) is 5.69 Å². The van der Waals surface area contributed by atoms with E-state index in [1.54, 1.807) is 55.6 Å². The molecule has 0 aliphatic rings. The van der Waals surface area contributed by atoms with E-state index in [0.29, 0.717) is 22.0 Å². The maximum Gasteiger partial charge on any atom is 0.251 e. The highest BCUT2D eigenvalue weighted by molar-refractivity contribution is 6.30. The summed E-state index contributed by atoms with van der Waals surface area (Å²) in [7, 11) is 1.58. The molecule has 0 bridgehead atoms. The van der Waals surface area contributed by atoms with Crippen molar-refractivity contribution in [2.24, 2.45) is 5.92 Å². The number of ether oxygens (including phenoxy) is 1. The summed E-state index contributed by atoms with van der Waals surface area (Å²) in [5.41, 5.74) is 1.10. The molecule has 2 aromatic carbocycles. The summed E-state index contributed by atoms with van der Waals surface area (Å²) in [5, 5.41) is 6.22. The first kappa shape index (κ1) is 19.8. The molecule has 0 heterocycles. The molecule has 2 N–H and O–H groups in total. The van der Waals surface area contributed by atoms with Crippen molar-refractivity contribution >= 4 is 29.1 Å². The maximum atomic E-state index is 12.7. The molecule has 0 aliphatic carbocycles. The van der Waals surface area contributed by atoms with Crippen molar-refractivity contribution in [3.05, 3.63) is 59.1 Å². The van der Waals surface area contributed by atoms with Crippen LogP contribution in [0.2, 0.25) is 5.02 Å². The summed E-state index contributed by atoms with van der Waals surface area (Å²) in [4.78, 5) is 25.2. The lowest BCUT2D eigenvalue weighted by molar-refractivity contribution is -0.119. The van der Waals surface area contributed by atoms with Gasteiger partial charge in [0.1, 0.15) is 11.8 Å². The van der Waals surface area contributed by atoms with Crippen molar-refractivity contribution in [2.45, 2.75) is 26.3 Å². The second-order valence-electron chi connectivity index (χ2n) is 6.06. The van der Waals surface area contributed by atoms with Crippen LogP contribution < -0.4 is 15.4 Å². The molecule has 6 heteroatoms. The first-order chi connectivity index (χ1) is 12.4. The summed E-state index contributed by atoms with van der Waals surface area (Å²) in [6.45, 7) is 3.91. The fourth-order valence-corrected chi connectivity index (χ4v) is 2.55. The molecule has 138 valence electrons. The number of carbonyl (C=O) groups is 2. The first-order valence-electron chi connectivity index (χ1n) is 8.46. The van der Waals surface area contributed by atoms with Gasteiger partial charge in [0.05, 0.1) is 7.11 Å². The topological polar surface area (TPSA) is 67.4 Å². The molecule has 5 nitrogen and oxygen atoms in total. The van der Waals surface area contributed by atoms with Gasteiger partial charge in [-0.25, -0.2) is 0 Å². The van der Waals surface area contributed by atoms with Crippen molar-refractivity contribution in [2.75, 3.05) is 12.4 Å². The lowest BCUT2D eigenvalue weighted by Gasteiger charge is -2.23. The number of amides is 2. The Morgan fingerprint density at radius 1 is 1.08 bits per heavy atom. The molecule has 2 aromatic rings. The van der Waals surface area contributed by atoms with Gasteiger partial charge in [0.25, 0.3) is 5.91 Å². The van der Waals surface area contributed by atoms with Gasteiger partial charge in [0, 0.05) is 16.3 Å². The van der Waals surface area contributed by atoms with Crippen molar-refractivity contribution < 1.29 is 14.3 Å². The quantitative estimate of drug-likeness (QED) is 0.765. The van der Waals surface area contributed by atoms with Crippen LogP contribution in [0.3, 0.4) is 0 Å². The van der Waals surface area contributed by atoms with E-state index < -0.39 is 6.04 Å². The SMILES string of the molecule is CCC(C)C(NC(=O)c1ccc(Cl)cc1)C(=O)Nc1ccc(OC)cc1. The van der Waals surface area contributed by atoms with E-state index in [4.69, 9.17) is 16.3 Å². The predicted molar refractivity (Wildman–Crippen MR) is 104 cm³/mol. The number of halogens is 1. The molecule has 26 heavy (non-hydrogen) atoms. The van der Waals surface area contributed by atoms with Crippen LogP contribution in [0.1, 0.15) is 30.6 Å². The molecule has 0 saturated heterocycles. The normalized spacial score (nSPS) is 12.8. The highest BCUT2D eigenvalue weighted by Crippen LogP contribution is 2.17. The monoisotopic (exact) mass is 374 g/mol. The molecule has 0 spiro atoms. The number of carbonyl (C=O) groups excluding carboxylic acids is 2. The van der Waals surface area contributed by atoms with Gasteiger partial charge in [0.2, 0.25) is 5.91 Å². The Hall–Kier alpha value is -2.53. The third kappa shape index (κ3) is 5.23. The Balaban J connectivity index is 2.10. The Labute approximate surface area is 158 Å². The smallest absolute Gasteiger partial charge is 0.251 e. The number of anilines is 1. The summed E-state index contributed by atoms with van der Waals surface area (Å²) in [5.74, 6) is 0.116. The zero-order chi connectivity index (χ0) is 19.1.